The summed E-state index contributed by atoms with van der Waals surface area (Å²) in [6, 6.07) is 15.6. The van der Waals surface area contributed by atoms with E-state index >= 15 is 0 Å². The molecule has 2 heterocycles. The molecular weight excluding hydrogens is 389 g/mol. The van der Waals surface area contributed by atoms with Crippen LogP contribution in [-0.4, -0.2) is 22.1 Å². The lowest BCUT2D eigenvalue weighted by atomic mass is 10.2. The lowest BCUT2D eigenvalue weighted by Gasteiger charge is -2.02. The van der Waals surface area contributed by atoms with Crippen molar-refractivity contribution >= 4 is 45.2 Å². The van der Waals surface area contributed by atoms with Crippen LogP contribution in [0.3, 0.4) is 0 Å². The van der Waals surface area contributed by atoms with Crippen LogP contribution in [0.4, 0.5) is 15.9 Å². The average Bonchev–Trinajstić information content (AvgIpc) is 3.14. The Hall–Kier alpha value is -3.65. The number of hydrazone groups is 1. The number of fused-ring (bicyclic) bond motifs is 1. The molecule has 2 N–H and O–H groups in total. The quantitative estimate of drug-likeness (QED) is 0.366. The van der Waals surface area contributed by atoms with Crippen LogP contribution in [0, 0.1) is 5.82 Å². The highest BCUT2D eigenvalue weighted by atomic mass is 32.1. The maximum atomic E-state index is 13.2. The molecule has 0 aliphatic heterocycles. The van der Waals surface area contributed by atoms with Crippen molar-refractivity contribution < 1.29 is 9.18 Å². The topological polar surface area (TPSA) is 79.3 Å². The minimum Gasteiger partial charge on any atom is -0.326 e. The van der Waals surface area contributed by atoms with Crippen molar-refractivity contribution in [1.82, 2.24) is 9.97 Å². The van der Waals surface area contributed by atoms with Crippen LogP contribution in [0.1, 0.15) is 12.5 Å². The van der Waals surface area contributed by atoms with E-state index in [2.05, 4.69) is 25.8 Å². The number of hydrogen-bond donors (Lipinski definition) is 2. The molecule has 29 heavy (non-hydrogen) atoms. The minimum absolute atomic E-state index is 0.114. The Labute approximate surface area is 170 Å². The maximum Gasteiger partial charge on any atom is 0.221 e. The molecule has 0 unspecified atom stereocenters. The van der Waals surface area contributed by atoms with E-state index < -0.39 is 0 Å². The number of hydrogen-bond acceptors (Lipinski definition) is 6. The predicted octanol–water partition coefficient (Wildman–Crippen LogP) is 4.90. The predicted molar refractivity (Wildman–Crippen MR) is 115 cm³/mol. The summed E-state index contributed by atoms with van der Waals surface area (Å²) in [6.07, 6.45) is 3.14. The van der Waals surface area contributed by atoms with Crippen LogP contribution in [0.2, 0.25) is 0 Å². The molecule has 6 nitrogen and oxygen atoms in total. The third kappa shape index (κ3) is 4.44. The molecule has 8 heteroatoms. The first-order valence-corrected chi connectivity index (χ1v) is 9.57. The molecule has 4 rings (SSSR count). The maximum absolute atomic E-state index is 13.2. The molecule has 0 atom stereocenters. The summed E-state index contributed by atoms with van der Waals surface area (Å²) in [5, 5.41) is 6.97. The van der Waals surface area contributed by atoms with Crippen molar-refractivity contribution in [2.24, 2.45) is 5.10 Å². The summed E-state index contributed by atoms with van der Waals surface area (Å²) >= 11 is 1.51. The van der Waals surface area contributed by atoms with Crippen LogP contribution in [-0.2, 0) is 4.79 Å². The number of halogens is 1. The highest BCUT2D eigenvalue weighted by Gasteiger charge is 2.10. The zero-order valence-electron chi connectivity index (χ0n) is 15.4. The van der Waals surface area contributed by atoms with Gasteiger partial charge in [0.05, 0.1) is 16.4 Å². The number of thiophene rings is 1. The molecule has 0 aliphatic carbocycles. The van der Waals surface area contributed by atoms with Gasteiger partial charge in [0.2, 0.25) is 5.91 Å². The van der Waals surface area contributed by atoms with Crippen molar-refractivity contribution in [3.63, 3.8) is 0 Å². The van der Waals surface area contributed by atoms with Crippen molar-refractivity contribution in [1.29, 1.82) is 0 Å². The number of benzene rings is 2. The molecule has 0 spiro atoms. The van der Waals surface area contributed by atoms with E-state index in [1.165, 1.54) is 36.7 Å². The average molecular weight is 405 g/mol. The van der Waals surface area contributed by atoms with Gasteiger partial charge >= 0.3 is 0 Å². The molecular formula is C21H16FN5OS. The molecule has 144 valence electrons. The molecule has 0 fully saturated rings. The molecule has 0 saturated carbocycles. The molecule has 4 aromatic rings. The zero-order chi connectivity index (χ0) is 20.2. The van der Waals surface area contributed by atoms with Gasteiger partial charge in [-0.2, -0.15) is 5.10 Å². The SMILES string of the molecule is CC(=O)Nc1ccc(C=NNc2ncnc3cc(-c4ccc(F)cc4)sc23)cc1. The Morgan fingerprint density at radius 2 is 1.86 bits per heavy atom. The van der Waals surface area contributed by atoms with E-state index in [9.17, 15) is 9.18 Å². The zero-order valence-corrected chi connectivity index (χ0v) is 16.2. The molecule has 0 aliphatic rings. The number of nitrogens with zero attached hydrogens (tertiary/aromatic N) is 3. The lowest BCUT2D eigenvalue weighted by molar-refractivity contribution is -0.114. The van der Waals surface area contributed by atoms with Gasteiger partial charge < -0.3 is 5.32 Å². The number of carbonyl (C=O) groups excluding carboxylic acids is 1. The summed E-state index contributed by atoms with van der Waals surface area (Å²) in [4.78, 5) is 20.6. The van der Waals surface area contributed by atoms with E-state index in [4.69, 9.17) is 0 Å². The van der Waals surface area contributed by atoms with Crippen molar-refractivity contribution in [3.05, 3.63) is 72.3 Å². The fourth-order valence-electron chi connectivity index (χ4n) is 2.71. The van der Waals surface area contributed by atoms with Crippen molar-refractivity contribution in [3.8, 4) is 10.4 Å². The molecule has 0 bridgehead atoms. The molecule has 0 saturated heterocycles. The molecule has 1 amide bonds. The fraction of sp³-hybridized carbons (Fsp3) is 0.0476. The smallest absolute Gasteiger partial charge is 0.221 e. The van der Waals surface area contributed by atoms with E-state index in [1.807, 2.05) is 18.2 Å². The van der Waals surface area contributed by atoms with Gasteiger partial charge in [0.15, 0.2) is 5.82 Å². The first-order chi connectivity index (χ1) is 14.1. The largest absolute Gasteiger partial charge is 0.326 e. The van der Waals surface area contributed by atoms with Crippen molar-refractivity contribution in [2.45, 2.75) is 6.92 Å². The van der Waals surface area contributed by atoms with Crippen LogP contribution >= 0.6 is 11.3 Å². The van der Waals surface area contributed by atoms with Gasteiger partial charge in [0, 0.05) is 17.5 Å². The third-order valence-electron chi connectivity index (χ3n) is 4.06. The third-order valence-corrected chi connectivity index (χ3v) is 5.24. The monoisotopic (exact) mass is 405 g/mol. The Kier molecular flexibility index (Phi) is 5.26. The summed E-state index contributed by atoms with van der Waals surface area (Å²) < 4.78 is 14.0. The van der Waals surface area contributed by atoms with Gasteiger partial charge in [-0.15, -0.1) is 11.3 Å². The second kappa shape index (κ2) is 8.15. The number of nitrogens with one attached hydrogen (secondary N) is 2. The fourth-order valence-corrected chi connectivity index (χ4v) is 3.77. The Bertz CT molecular complexity index is 1190. The summed E-state index contributed by atoms with van der Waals surface area (Å²) in [5.41, 5.74) is 6.27. The van der Waals surface area contributed by atoms with Crippen LogP contribution in [0.25, 0.3) is 20.7 Å². The van der Waals surface area contributed by atoms with Gasteiger partial charge in [-0.1, -0.05) is 24.3 Å². The van der Waals surface area contributed by atoms with Crippen LogP contribution in [0.5, 0.6) is 0 Å². The van der Waals surface area contributed by atoms with E-state index in [0.29, 0.717) is 5.82 Å². The molecule has 2 aromatic heterocycles. The lowest BCUT2D eigenvalue weighted by Crippen LogP contribution is -2.05. The number of carbonyl (C=O) groups is 1. The number of amides is 1. The van der Waals surface area contributed by atoms with E-state index in [-0.39, 0.29) is 11.7 Å². The number of anilines is 2. The second-order valence-corrected chi connectivity index (χ2v) is 7.28. The van der Waals surface area contributed by atoms with Crippen LogP contribution < -0.4 is 10.7 Å². The number of rotatable bonds is 5. The van der Waals surface area contributed by atoms with Gasteiger partial charge in [-0.05, 0) is 41.5 Å². The first kappa shape index (κ1) is 18.7. The Morgan fingerprint density at radius 3 is 2.59 bits per heavy atom. The van der Waals surface area contributed by atoms with Crippen LogP contribution in [0.15, 0.2) is 66.0 Å². The normalized spacial score (nSPS) is 11.1. The molecule has 2 aromatic carbocycles. The first-order valence-electron chi connectivity index (χ1n) is 8.76. The number of aromatic nitrogens is 2. The van der Waals surface area contributed by atoms with Crippen molar-refractivity contribution in [2.75, 3.05) is 10.7 Å². The Balaban J connectivity index is 1.52. The highest BCUT2D eigenvalue weighted by molar-refractivity contribution is 7.22. The van der Waals surface area contributed by atoms with Gasteiger partial charge in [0.25, 0.3) is 0 Å². The standard InChI is InChI=1S/C21H16FN5OS/c1-13(28)26-17-8-2-14(3-9-17)11-25-27-21-20-18(23-12-24-21)10-19(29-20)15-4-6-16(22)7-5-15/h2-12H,1H3,(H,26,28)(H,23,24,27). The van der Waals surface area contributed by atoms with Gasteiger partial charge in [0.1, 0.15) is 12.1 Å². The summed E-state index contributed by atoms with van der Waals surface area (Å²) in [5.74, 6) is 0.216. The Morgan fingerprint density at radius 1 is 1.10 bits per heavy atom. The second-order valence-electron chi connectivity index (χ2n) is 6.23. The molecule has 0 radical (unpaired) electrons. The minimum atomic E-state index is -0.267. The van der Waals surface area contributed by atoms with E-state index in [0.717, 1.165) is 31.9 Å². The van der Waals surface area contributed by atoms with E-state index in [1.54, 1.807) is 30.5 Å². The van der Waals surface area contributed by atoms with Gasteiger partial charge in [-0.25, -0.2) is 14.4 Å². The highest BCUT2D eigenvalue weighted by Crippen LogP contribution is 2.35. The van der Waals surface area contributed by atoms with Gasteiger partial charge in [-0.3, -0.25) is 10.2 Å². The summed E-state index contributed by atoms with van der Waals surface area (Å²) in [7, 11) is 0. The summed E-state index contributed by atoms with van der Waals surface area (Å²) in [6.45, 7) is 1.47.